The van der Waals surface area contributed by atoms with Gasteiger partial charge in [0.1, 0.15) is 0 Å². The summed E-state index contributed by atoms with van der Waals surface area (Å²) in [4.78, 5) is 11.5. The fraction of sp³-hybridized carbons (Fsp3) is 0.889. The van der Waals surface area contributed by atoms with Crippen molar-refractivity contribution in [1.82, 2.24) is 10.6 Å². The van der Waals surface area contributed by atoms with Crippen LogP contribution in [0.3, 0.4) is 0 Å². The SMILES string of the molecule is CSC(C)C(=O)NC1CCCNC1.Cl. The lowest BCUT2D eigenvalue weighted by Crippen LogP contribution is -2.47. The van der Waals surface area contributed by atoms with Crippen LogP contribution in [0.1, 0.15) is 19.8 Å². The van der Waals surface area contributed by atoms with E-state index < -0.39 is 0 Å². The summed E-state index contributed by atoms with van der Waals surface area (Å²) in [5, 5.41) is 6.39. The van der Waals surface area contributed by atoms with Crippen LogP contribution in [0.15, 0.2) is 0 Å². The van der Waals surface area contributed by atoms with E-state index >= 15 is 0 Å². The van der Waals surface area contributed by atoms with Crippen LogP contribution in [0.2, 0.25) is 0 Å². The first-order chi connectivity index (χ1) is 6.24. The molecule has 1 rings (SSSR count). The number of hydrogen-bond donors (Lipinski definition) is 2. The Morgan fingerprint density at radius 2 is 2.36 bits per heavy atom. The number of piperidine rings is 1. The quantitative estimate of drug-likeness (QED) is 0.772. The molecule has 0 aromatic rings. The number of rotatable bonds is 3. The van der Waals surface area contributed by atoms with Crippen molar-refractivity contribution < 1.29 is 4.79 Å². The topological polar surface area (TPSA) is 41.1 Å². The van der Waals surface area contributed by atoms with Gasteiger partial charge in [-0.15, -0.1) is 12.4 Å². The fourth-order valence-electron chi connectivity index (χ4n) is 1.40. The molecular formula is C9H19ClN2OS. The van der Waals surface area contributed by atoms with Gasteiger partial charge >= 0.3 is 0 Å². The Morgan fingerprint density at radius 1 is 1.64 bits per heavy atom. The van der Waals surface area contributed by atoms with E-state index in [0.29, 0.717) is 6.04 Å². The van der Waals surface area contributed by atoms with Crippen LogP contribution in [0.4, 0.5) is 0 Å². The third kappa shape index (κ3) is 4.53. The zero-order valence-corrected chi connectivity index (χ0v) is 10.3. The van der Waals surface area contributed by atoms with E-state index in [1.165, 1.54) is 6.42 Å². The number of amides is 1. The van der Waals surface area contributed by atoms with Gasteiger partial charge in [-0.05, 0) is 32.6 Å². The minimum absolute atomic E-state index is 0. The minimum Gasteiger partial charge on any atom is -0.351 e. The number of thioether (sulfide) groups is 1. The van der Waals surface area contributed by atoms with E-state index in [-0.39, 0.29) is 23.6 Å². The molecule has 1 heterocycles. The van der Waals surface area contributed by atoms with Gasteiger partial charge in [-0.2, -0.15) is 11.8 Å². The summed E-state index contributed by atoms with van der Waals surface area (Å²) in [5.41, 5.74) is 0. The summed E-state index contributed by atoms with van der Waals surface area (Å²) in [7, 11) is 0. The molecule has 1 aliphatic rings. The van der Waals surface area contributed by atoms with Crippen molar-refractivity contribution in [1.29, 1.82) is 0 Å². The van der Waals surface area contributed by atoms with Gasteiger partial charge in [0.2, 0.25) is 5.91 Å². The summed E-state index contributed by atoms with van der Waals surface area (Å²) in [6.07, 6.45) is 4.24. The van der Waals surface area contributed by atoms with E-state index in [1.54, 1.807) is 11.8 Å². The lowest BCUT2D eigenvalue weighted by Gasteiger charge is -2.24. The Kier molecular flexibility index (Phi) is 7.41. The van der Waals surface area contributed by atoms with Crippen LogP contribution in [0.25, 0.3) is 0 Å². The van der Waals surface area contributed by atoms with Crippen molar-refractivity contribution in [2.24, 2.45) is 0 Å². The number of nitrogens with one attached hydrogen (secondary N) is 2. The Bertz CT molecular complexity index is 174. The van der Waals surface area contributed by atoms with Crippen molar-refractivity contribution in [2.45, 2.75) is 31.1 Å². The van der Waals surface area contributed by atoms with Gasteiger partial charge in [-0.1, -0.05) is 0 Å². The van der Waals surface area contributed by atoms with Gasteiger partial charge in [0.05, 0.1) is 5.25 Å². The number of halogens is 1. The summed E-state index contributed by atoms with van der Waals surface area (Å²) in [5.74, 6) is 0.168. The van der Waals surface area contributed by atoms with Gasteiger partial charge in [0.15, 0.2) is 0 Å². The predicted octanol–water partition coefficient (Wildman–Crippen LogP) is 1.03. The molecule has 84 valence electrons. The zero-order valence-electron chi connectivity index (χ0n) is 8.71. The molecule has 1 fully saturated rings. The van der Waals surface area contributed by atoms with Crippen LogP contribution in [0.5, 0.6) is 0 Å². The smallest absolute Gasteiger partial charge is 0.233 e. The van der Waals surface area contributed by atoms with Crippen LogP contribution < -0.4 is 10.6 Å². The average molecular weight is 239 g/mol. The van der Waals surface area contributed by atoms with Crippen molar-refractivity contribution in [3.8, 4) is 0 Å². The Balaban J connectivity index is 0.00000169. The maximum Gasteiger partial charge on any atom is 0.233 e. The second kappa shape index (κ2) is 7.37. The normalized spacial score (nSPS) is 23.4. The molecule has 0 spiro atoms. The number of carbonyl (C=O) groups excluding carboxylic acids is 1. The van der Waals surface area contributed by atoms with E-state index in [1.807, 2.05) is 13.2 Å². The monoisotopic (exact) mass is 238 g/mol. The maximum atomic E-state index is 11.5. The molecule has 3 nitrogen and oxygen atoms in total. The fourth-order valence-corrected chi connectivity index (χ4v) is 1.68. The summed E-state index contributed by atoms with van der Waals surface area (Å²) in [6.45, 7) is 3.95. The first-order valence-electron chi connectivity index (χ1n) is 4.78. The molecule has 2 N–H and O–H groups in total. The molecule has 1 aliphatic heterocycles. The van der Waals surface area contributed by atoms with Crippen LogP contribution in [0, 0.1) is 0 Å². The molecule has 0 aromatic carbocycles. The molecule has 5 heteroatoms. The molecular weight excluding hydrogens is 220 g/mol. The molecule has 0 aliphatic carbocycles. The van der Waals surface area contributed by atoms with Gasteiger partial charge in [-0.3, -0.25) is 4.79 Å². The summed E-state index contributed by atoms with van der Waals surface area (Å²) >= 11 is 1.59. The van der Waals surface area contributed by atoms with Gasteiger partial charge in [0.25, 0.3) is 0 Å². The van der Waals surface area contributed by atoms with E-state index in [9.17, 15) is 4.79 Å². The van der Waals surface area contributed by atoms with Crippen molar-refractivity contribution in [2.75, 3.05) is 19.3 Å². The van der Waals surface area contributed by atoms with Gasteiger partial charge in [-0.25, -0.2) is 0 Å². The van der Waals surface area contributed by atoms with E-state index in [2.05, 4.69) is 10.6 Å². The zero-order chi connectivity index (χ0) is 9.68. The molecule has 1 amide bonds. The van der Waals surface area contributed by atoms with Crippen molar-refractivity contribution in [3.63, 3.8) is 0 Å². The highest BCUT2D eigenvalue weighted by Crippen LogP contribution is 2.07. The first-order valence-corrected chi connectivity index (χ1v) is 6.06. The molecule has 0 aromatic heterocycles. The molecule has 0 saturated carbocycles. The molecule has 2 atom stereocenters. The minimum atomic E-state index is 0. The second-order valence-electron chi connectivity index (χ2n) is 3.43. The van der Waals surface area contributed by atoms with Crippen molar-refractivity contribution in [3.05, 3.63) is 0 Å². The molecule has 2 unspecified atom stereocenters. The molecule has 14 heavy (non-hydrogen) atoms. The Labute approximate surface area is 96.2 Å². The molecule has 0 radical (unpaired) electrons. The number of hydrogen-bond acceptors (Lipinski definition) is 3. The highest BCUT2D eigenvalue weighted by molar-refractivity contribution is 7.99. The van der Waals surface area contributed by atoms with Crippen LogP contribution in [-0.2, 0) is 4.79 Å². The van der Waals surface area contributed by atoms with Crippen LogP contribution >= 0.6 is 24.2 Å². The first kappa shape index (κ1) is 14.1. The Morgan fingerprint density at radius 3 is 2.86 bits per heavy atom. The number of carbonyl (C=O) groups is 1. The standard InChI is InChI=1S/C9H18N2OS.ClH/c1-7(13-2)9(12)11-8-4-3-5-10-6-8;/h7-8,10H,3-6H2,1-2H3,(H,11,12);1H. The largest absolute Gasteiger partial charge is 0.351 e. The maximum absolute atomic E-state index is 11.5. The third-order valence-corrected chi connectivity index (χ3v) is 3.29. The Hall–Kier alpha value is 0.0700. The molecule has 0 bridgehead atoms. The van der Waals surface area contributed by atoms with E-state index in [0.717, 1.165) is 19.5 Å². The van der Waals surface area contributed by atoms with E-state index in [4.69, 9.17) is 0 Å². The van der Waals surface area contributed by atoms with Crippen molar-refractivity contribution >= 4 is 30.1 Å². The van der Waals surface area contributed by atoms with Crippen LogP contribution in [-0.4, -0.2) is 36.5 Å². The second-order valence-corrected chi connectivity index (χ2v) is 4.61. The third-order valence-electron chi connectivity index (χ3n) is 2.37. The lowest BCUT2D eigenvalue weighted by atomic mass is 10.1. The predicted molar refractivity (Wildman–Crippen MR) is 64.3 cm³/mol. The highest BCUT2D eigenvalue weighted by atomic mass is 35.5. The highest BCUT2D eigenvalue weighted by Gasteiger charge is 2.18. The summed E-state index contributed by atoms with van der Waals surface area (Å²) in [6, 6.07) is 0.343. The molecule has 1 saturated heterocycles. The average Bonchev–Trinajstić information content (AvgIpc) is 2.18. The van der Waals surface area contributed by atoms with Gasteiger partial charge in [0, 0.05) is 12.6 Å². The lowest BCUT2D eigenvalue weighted by molar-refractivity contribution is -0.121. The van der Waals surface area contributed by atoms with Gasteiger partial charge < -0.3 is 10.6 Å². The summed E-state index contributed by atoms with van der Waals surface area (Å²) < 4.78 is 0.